The zero-order chi connectivity index (χ0) is 23.1. The zero-order valence-corrected chi connectivity index (χ0v) is 17.1. The lowest BCUT2D eigenvalue weighted by atomic mass is 10.2. The molecule has 0 bridgehead atoms. The van der Waals surface area contributed by atoms with Crippen molar-refractivity contribution in [2.75, 3.05) is 41.7 Å². The number of aromatic carboxylic acids is 2. The molecule has 2 aromatic carbocycles. The lowest BCUT2D eigenvalue weighted by Crippen LogP contribution is -2.00. The number of methoxy groups -OCH3 is 4. The largest absolute Gasteiger partial charge is 0.497 e. The summed E-state index contributed by atoms with van der Waals surface area (Å²) in [5.41, 5.74) is 0.256. The van der Waals surface area contributed by atoms with Crippen molar-refractivity contribution in [2.45, 2.75) is 0 Å². The minimum atomic E-state index is -1.01. The SMILES string of the molecule is COc1ccc(C(=O)O)c(OC)c1.COc1ccc(C(=O)O)c(OC)c1.OCCO. The number of aliphatic hydroxyl groups is 2. The van der Waals surface area contributed by atoms with E-state index in [0.29, 0.717) is 23.0 Å². The molecule has 0 saturated heterocycles. The second-order valence-corrected chi connectivity index (χ2v) is 5.19. The predicted molar refractivity (Wildman–Crippen MR) is 107 cm³/mol. The quantitative estimate of drug-likeness (QED) is 0.515. The predicted octanol–water partition coefficient (Wildman–Crippen LogP) is 1.77. The van der Waals surface area contributed by atoms with E-state index in [1.807, 2.05) is 0 Å². The van der Waals surface area contributed by atoms with Gasteiger partial charge in [0.2, 0.25) is 0 Å². The Morgan fingerprint density at radius 2 is 1.00 bits per heavy atom. The van der Waals surface area contributed by atoms with Crippen LogP contribution in [0.1, 0.15) is 20.7 Å². The molecule has 10 heteroatoms. The highest BCUT2D eigenvalue weighted by molar-refractivity contribution is 5.91. The van der Waals surface area contributed by atoms with Gasteiger partial charge in [-0.05, 0) is 24.3 Å². The average Bonchev–Trinajstić information content (AvgIpc) is 2.78. The number of benzene rings is 2. The van der Waals surface area contributed by atoms with Gasteiger partial charge in [0, 0.05) is 12.1 Å². The van der Waals surface area contributed by atoms with Crippen LogP contribution in [-0.2, 0) is 0 Å². The summed E-state index contributed by atoms with van der Waals surface area (Å²) in [6.07, 6.45) is 0. The lowest BCUT2D eigenvalue weighted by Gasteiger charge is -2.06. The van der Waals surface area contributed by atoms with Crippen LogP contribution in [0.5, 0.6) is 23.0 Å². The van der Waals surface area contributed by atoms with Gasteiger partial charge in [0.1, 0.15) is 34.1 Å². The second kappa shape index (κ2) is 14.5. The minimum absolute atomic E-state index is 0.125. The van der Waals surface area contributed by atoms with Crippen LogP contribution in [0.2, 0.25) is 0 Å². The third kappa shape index (κ3) is 8.67. The molecule has 0 atom stereocenters. The molecule has 0 spiro atoms. The third-order valence-electron chi connectivity index (χ3n) is 3.38. The normalized spacial score (nSPS) is 9.13. The van der Waals surface area contributed by atoms with Crippen LogP contribution in [0.3, 0.4) is 0 Å². The van der Waals surface area contributed by atoms with Crippen LogP contribution in [0, 0.1) is 0 Å². The van der Waals surface area contributed by atoms with Gasteiger partial charge < -0.3 is 39.4 Å². The number of aliphatic hydroxyl groups excluding tert-OH is 2. The van der Waals surface area contributed by atoms with E-state index in [2.05, 4.69) is 0 Å². The lowest BCUT2D eigenvalue weighted by molar-refractivity contribution is 0.0682. The van der Waals surface area contributed by atoms with Gasteiger partial charge in [0.05, 0.1) is 41.7 Å². The summed E-state index contributed by atoms with van der Waals surface area (Å²) in [5.74, 6) is -0.290. The summed E-state index contributed by atoms with van der Waals surface area (Å²) in [4.78, 5) is 21.3. The fraction of sp³-hybridized carbons (Fsp3) is 0.300. The molecule has 2 rings (SSSR count). The Morgan fingerprint density at radius 3 is 1.20 bits per heavy atom. The fourth-order valence-electron chi connectivity index (χ4n) is 1.95. The van der Waals surface area contributed by atoms with Gasteiger partial charge in [0.25, 0.3) is 0 Å². The molecule has 166 valence electrons. The molecule has 0 heterocycles. The monoisotopic (exact) mass is 426 g/mol. The van der Waals surface area contributed by atoms with E-state index >= 15 is 0 Å². The summed E-state index contributed by atoms with van der Waals surface area (Å²) in [7, 11) is 5.85. The van der Waals surface area contributed by atoms with E-state index in [4.69, 9.17) is 39.4 Å². The molecule has 0 amide bonds. The molecule has 0 aromatic heterocycles. The van der Waals surface area contributed by atoms with Crippen molar-refractivity contribution in [1.82, 2.24) is 0 Å². The number of hydrogen-bond donors (Lipinski definition) is 4. The number of hydrogen-bond acceptors (Lipinski definition) is 8. The van der Waals surface area contributed by atoms with Crippen LogP contribution < -0.4 is 18.9 Å². The molecule has 0 radical (unpaired) electrons. The second-order valence-electron chi connectivity index (χ2n) is 5.19. The van der Waals surface area contributed by atoms with Gasteiger partial charge in [-0.3, -0.25) is 0 Å². The standard InChI is InChI=1S/2C9H10O4.C2H6O2/c2*1-12-6-3-4-7(9(10)11)8(5-6)13-2;3-1-2-4/h2*3-5H,1-2H3,(H,10,11);3-4H,1-2H2. The van der Waals surface area contributed by atoms with Crippen molar-refractivity contribution in [1.29, 1.82) is 0 Å². The van der Waals surface area contributed by atoms with Crippen molar-refractivity contribution in [3.63, 3.8) is 0 Å². The van der Waals surface area contributed by atoms with E-state index in [1.54, 1.807) is 12.1 Å². The highest BCUT2D eigenvalue weighted by atomic mass is 16.5. The van der Waals surface area contributed by atoms with Gasteiger partial charge in [-0.1, -0.05) is 0 Å². The highest BCUT2D eigenvalue weighted by Crippen LogP contribution is 2.25. The van der Waals surface area contributed by atoms with Gasteiger partial charge in [-0.2, -0.15) is 0 Å². The molecular weight excluding hydrogens is 400 g/mol. The van der Waals surface area contributed by atoms with Crippen molar-refractivity contribution < 1.29 is 49.0 Å². The number of carbonyl (C=O) groups is 2. The Morgan fingerprint density at radius 1 is 0.667 bits per heavy atom. The van der Waals surface area contributed by atoms with E-state index < -0.39 is 11.9 Å². The van der Waals surface area contributed by atoms with E-state index in [-0.39, 0.29) is 24.3 Å². The highest BCUT2D eigenvalue weighted by Gasteiger charge is 2.11. The number of carboxylic acids is 2. The maximum absolute atomic E-state index is 10.7. The molecule has 0 fully saturated rings. The number of carboxylic acid groups (broad SMARTS) is 2. The summed E-state index contributed by atoms with van der Waals surface area (Å²) in [6.45, 7) is -0.250. The third-order valence-corrected chi connectivity index (χ3v) is 3.38. The Kier molecular flexibility index (Phi) is 12.8. The van der Waals surface area contributed by atoms with Crippen LogP contribution in [0.4, 0.5) is 0 Å². The topological polar surface area (TPSA) is 152 Å². The first-order valence-corrected chi connectivity index (χ1v) is 8.41. The number of ether oxygens (including phenoxy) is 4. The molecule has 0 aliphatic rings. The Bertz CT molecular complexity index is 737. The van der Waals surface area contributed by atoms with E-state index in [9.17, 15) is 9.59 Å². The van der Waals surface area contributed by atoms with Crippen molar-refractivity contribution in [3.05, 3.63) is 47.5 Å². The Balaban J connectivity index is 0.000000477. The van der Waals surface area contributed by atoms with Crippen molar-refractivity contribution >= 4 is 11.9 Å². The van der Waals surface area contributed by atoms with Gasteiger partial charge in [-0.25, -0.2) is 9.59 Å². The zero-order valence-electron chi connectivity index (χ0n) is 17.1. The molecule has 4 N–H and O–H groups in total. The molecule has 10 nitrogen and oxygen atoms in total. The summed E-state index contributed by atoms with van der Waals surface area (Å²) in [6, 6.07) is 9.10. The maximum Gasteiger partial charge on any atom is 0.339 e. The van der Waals surface area contributed by atoms with Crippen molar-refractivity contribution in [2.24, 2.45) is 0 Å². The molecule has 0 aliphatic heterocycles. The van der Waals surface area contributed by atoms with Crippen LogP contribution >= 0.6 is 0 Å². The summed E-state index contributed by atoms with van der Waals surface area (Å²) < 4.78 is 19.6. The molecule has 0 saturated carbocycles. The fourth-order valence-corrected chi connectivity index (χ4v) is 1.95. The van der Waals surface area contributed by atoms with Crippen LogP contribution in [0.25, 0.3) is 0 Å². The van der Waals surface area contributed by atoms with Gasteiger partial charge in [0.15, 0.2) is 0 Å². The molecule has 0 unspecified atom stereocenters. The van der Waals surface area contributed by atoms with Crippen LogP contribution in [0.15, 0.2) is 36.4 Å². The molecule has 2 aromatic rings. The van der Waals surface area contributed by atoms with Crippen LogP contribution in [-0.4, -0.2) is 74.0 Å². The number of rotatable bonds is 7. The van der Waals surface area contributed by atoms with E-state index in [1.165, 1.54) is 52.7 Å². The molecular formula is C20H26O10. The van der Waals surface area contributed by atoms with Crippen molar-refractivity contribution in [3.8, 4) is 23.0 Å². The molecule has 0 aliphatic carbocycles. The first-order chi connectivity index (χ1) is 14.3. The summed E-state index contributed by atoms with van der Waals surface area (Å²) >= 11 is 0. The van der Waals surface area contributed by atoms with Gasteiger partial charge in [-0.15, -0.1) is 0 Å². The molecule has 30 heavy (non-hydrogen) atoms. The van der Waals surface area contributed by atoms with Gasteiger partial charge >= 0.3 is 11.9 Å². The van der Waals surface area contributed by atoms with E-state index in [0.717, 1.165) is 0 Å². The Hall–Kier alpha value is -3.50. The first-order valence-electron chi connectivity index (χ1n) is 8.41. The maximum atomic E-state index is 10.7. The minimum Gasteiger partial charge on any atom is -0.497 e. The summed E-state index contributed by atoms with van der Waals surface area (Å²) in [5, 5.41) is 32.7. The smallest absolute Gasteiger partial charge is 0.339 e. The average molecular weight is 426 g/mol. The Labute approximate surface area is 173 Å². The first kappa shape index (κ1) is 26.5.